The second-order valence-electron chi connectivity index (χ2n) is 6.56. The van der Waals surface area contributed by atoms with Crippen LogP contribution in [0.2, 0.25) is 0 Å². The number of benzene rings is 2. The molecular formula is C23H27NO9S. The zero-order valence-corrected chi connectivity index (χ0v) is 20.5. The van der Waals surface area contributed by atoms with Crippen molar-refractivity contribution in [3.8, 4) is 34.5 Å². The van der Waals surface area contributed by atoms with Crippen molar-refractivity contribution in [1.82, 2.24) is 4.72 Å². The molecule has 0 aromatic heterocycles. The van der Waals surface area contributed by atoms with E-state index in [4.69, 9.17) is 28.4 Å². The van der Waals surface area contributed by atoms with Crippen molar-refractivity contribution < 1.29 is 41.6 Å². The minimum absolute atomic E-state index is 0.358. The zero-order valence-electron chi connectivity index (χ0n) is 19.7. The van der Waals surface area contributed by atoms with Gasteiger partial charge in [0, 0.05) is 6.08 Å². The number of ether oxygens (including phenoxy) is 6. The van der Waals surface area contributed by atoms with Gasteiger partial charge in [0.15, 0.2) is 23.0 Å². The van der Waals surface area contributed by atoms with Crippen molar-refractivity contribution in [1.29, 1.82) is 0 Å². The van der Waals surface area contributed by atoms with Crippen molar-refractivity contribution in [2.75, 3.05) is 42.7 Å². The Morgan fingerprint density at radius 1 is 0.676 bits per heavy atom. The number of hydrogen-bond donors (Lipinski definition) is 1. The van der Waals surface area contributed by atoms with Gasteiger partial charge in [0.2, 0.25) is 11.5 Å². The van der Waals surface area contributed by atoms with Gasteiger partial charge in [0.25, 0.3) is 15.9 Å². The highest BCUT2D eigenvalue weighted by atomic mass is 32.2. The summed E-state index contributed by atoms with van der Waals surface area (Å²) in [5.74, 6) is 1.42. The topological polar surface area (TPSA) is 119 Å². The second kappa shape index (κ2) is 11.8. The Kier molecular flexibility index (Phi) is 9.19. The molecule has 34 heavy (non-hydrogen) atoms. The first-order valence-corrected chi connectivity index (χ1v) is 11.3. The van der Waals surface area contributed by atoms with Gasteiger partial charge in [0.05, 0.1) is 48.1 Å². The third-order valence-electron chi connectivity index (χ3n) is 4.48. The van der Waals surface area contributed by atoms with Gasteiger partial charge >= 0.3 is 0 Å². The van der Waals surface area contributed by atoms with Crippen molar-refractivity contribution in [2.24, 2.45) is 0 Å². The smallest absolute Gasteiger partial charge is 0.257 e. The number of hydrogen-bond acceptors (Lipinski definition) is 9. The lowest BCUT2D eigenvalue weighted by Gasteiger charge is -2.13. The number of sulfonamides is 1. The Morgan fingerprint density at radius 3 is 1.41 bits per heavy atom. The first-order valence-electron chi connectivity index (χ1n) is 9.74. The molecule has 2 rings (SSSR count). The largest absolute Gasteiger partial charge is 0.493 e. The molecule has 0 heterocycles. The van der Waals surface area contributed by atoms with E-state index in [-0.39, 0.29) is 0 Å². The summed E-state index contributed by atoms with van der Waals surface area (Å²) >= 11 is 0. The molecule has 0 atom stereocenters. The van der Waals surface area contributed by atoms with Gasteiger partial charge in [-0.3, -0.25) is 4.79 Å². The molecule has 2 aromatic carbocycles. The second-order valence-corrected chi connectivity index (χ2v) is 8.13. The van der Waals surface area contributed by atoms with Crippen molar-refractivity contribution in [2.45, 2.75) is 0 Å². The lowest BCUT2D eigenvalue weighted by atomic mass is 10.1. The molecule has 184 valence electrons. The Morgan fingerprint density at radius 2 is 1.06 bits per heavy atom. The number of carbonyl (C=O) groups excluding carboxylic acids is 1. The average Bonchev–Trinajstić information content (AvgIpc) is 2.84. The fourth-order valence-electron chi connectivity index (χ4n) is 2.94. The monoisotopic (exact) mass is 493 g/mol. The number of methoxy groups -OCH3 is 6. The summed E-state index contributed by atoms with van der Waals surface area (Å²) in [5.41, 5.74) is 0.996. The molecule has 0 aliphatic heterocycles. The third kappa shape index (κ3) is 6.58. The van der Waals surface area contributed by atoms with Crippen LogP contribution in [0.5, 0.6) is 34.5 Å². The number of amides is 1. The highest BCUT2D eigenvalue weighted by molar-refractivity contribution is 7.93. The lowest BCUT2D eigenvalue weighted by molar-refractivity contribution is -0.114. The fraction of sp³-hybridized carbons (Fsp3) is 0.261. The van der Waals surface area contributed by atoms with E-state index in [1.54, 1.807) is 24.3 Å². The fourth-order valence-corrected chi connectivity index (χ4v) is 3.70. The van der Waals surface area contributed by atoms with Crippen LogP contribution in [0.15, 0.2) is 35.7 Å². The molecule has 0 aliphatic carbocycles. The number of rotatable bonds is 11. The Balaban J connectivity index is 2.19. The Hall–Kier alpha value is -3.86. The van der Waals surface area contributed by atoms with Gasteiger partial charge in [0.1, 0.15) is 0 Å². The van der Waals surface area contributed by atoms with E-state index in [9.17, 15) is 13.2 Å². The van der Waals surface area contributed by atoms with Crippen LogP contribution in [0.3, 0.4) is 0 Å². The summed E-state index contributed by atoms with van der Waals surface area (Å²) in [6, 6.07) is 6.37. The first kappa shape index (κ1) is 26.4. The van der Waals surface area contributed by atoms with Crippen molar-refractivity contribution in [3.05, 3.63) is 46.9 Å². The van der Waals surface area contributed by atoms with E-state index in [1.165, 1.54) is 54.8 Å². The molecule has 2 aromatic rings. The van der Waals surface area contributed by atoms with Crippen LogP contribution in [0.1, 0.15) is 11.1 Å². The molecule has 0 unspecified atom stereocenters. The van der Waals surface area contributed by atoms with Gasteiger partial charge in [-0.2, -0.15) is 0 Å². The van der Waals surface area contributed by atoms with E-state index < -0.39 is 15.9 Å². The van der Waals surface area contributed by atoms with E-state index in [2.05, 4.69) is 0 Å². The molecular weight excluding hydrogens is 466 g/mol. The van der Waals surface area contributed by atoms with Crippen LogP contribution in [-0.2, 0) is 14.8 Å². The maximum Gasteiger partial charge on any atom is 0.257 e. The predicted molar refractivity (Wildman–Crippen MR) is 127 cm³/mol. The highest BCUT2D eigenvalue weighted by Gasteiger charge is 2.15. The van der Waals surface area contributed by atoms with Gasteiger partial charge in [-0.25, -0.2) is 13.1 Å². The first-order chi connectivity index (χ1) is 16.2. The van der Waals surface area contributed by atoms with E-state index >= 15 is 0 Å². The molecule has 0 saturated carbocycles. The van der Waals surface area contributed by atoms with E-state index in [0.717, 1.165) is 11.5 Å². The van der Waals surface area contributed by atoms with Crippen LogP contribution in [0, 0.1) is 0 Å². The SMILES string of the molecule is COc1cc(C=CC(=O)NS(=O)(=O)C=Cc2cc(OC)c(OC)c(OC)c2)cc(OC)c1OC. The van der Waals surface area contributed by atoms with E-state index in [1.807, 2.05) is 4.72 Å². The molecule has 11 heteroatoms. The van der Waals surface area contributed by atoms with Crippen molar-refractivity contribution in [3.63, 3.8) is 0 Å². The molecule has 1 amide bonds. The van der Waals surface area contributed by atoms with Gasteiger partial charge in [-0.1, -0.05) is 0 Å². The van der Waals surface area contributed by atoms with Crippen LogP contribution in [0.4, 0.5) is 0 Å². The summed E-state index contributed by atoms with van der Waals surface area (Å²) < 4.78 is 58.1. The summed E-state index contributed by atoms with van der Waals surface area (Å²) in [6.07, 6.45) is 3.78. The minimum atomic E-state index is -4.09. The number of nitrogens with one attached hydrogen (secondary N) is 1. The summed E-state index contributed by atoms with van der Waals surface area (Å²) in [7, 11) is 4.66. The standard InChI is InChI=1S/C23H27NO9S/c1-28-17-11-15(12-18(29-2)22(17)32-5)7-8-21(25)24-34(26,27)10-9-16-13-19(30-3)23(33-6)20(14-16)31-4/h7-14H,1-6H3,(H,24,25). The Labute approximate surface area is 198 Å². The molecule has 0 aliphatic rings. The summed E-state index contributed by atoms with van der Waals surface area (Å²) in [5, 5.41) is 0.860. The van der Waals surface area contributed by atoms with Crippen LogP contribution in [0.25, 0.3) is 12.2 Å². The predicted octanol–water partition coefficient (Wildman–Crippen LogP) is 2.87. The van der Waals surface area contributed by atoms with Gasteiger partial charge < -0.3 is 28.4 Å². The molecule has 0 saturated heterocycles. The van der Waals surface area contributed by atoms with Crippen molar-refractivity contribution >= 4 is 28.1 Å². The van der Waals surface area contributed by atoms with Gasteiger partial charge in [-0.05, 0) is 47.5 Å². The summed E-state index contributed by atoms with van der Waals surface area (Å²) in [4.78, 5) is 12.2. The molecule has 1 N–H and O–H groups in total. The molecule has 0 fully saturated rings. The van der Waals surface area contributed by atoms with Crippen LogP contribution < -0.4 is 33.1 Å². The Bertz CT molecular complexity index is 1140. The summed E-state index contributed by atoms with van der Waals surface area (Å²) in [6.45, 7) is 0. The van der Waals surface area contributed by atoms with Crippen LogP contribution in [-0.4, -0.2) is 57.0 Å². The lowest BCUT2D eigenvalue weighted by Crippen LogP contribution is -2.26. The highest BCUT2D eigenvalue weighted by Crippen LogP contribution is 2.39. The third-order valence-corrected chi connectivity index (χ3v) is 5.46. The quantitative estimate of drug-likeness (QED) is 0.471. The molecule has 10 nitrogen and oxygen atoms in total. The van der Waals surface area contributed by atoms with Crippen LogP contribution >= 0.6 is 0 Å². The van der Waals surface area contributed by atoms with E-state index in [0.29, 0.717) is 45.6 Å². The zero-order chi connectivity index (χ0) is 25.3. The minimum Gasteiger partial charge on any atom is -0.493 e. The molecule has 0 bridgehead atoms. The molecule has 0 radical (unpaired) electrons. The van der Waals surface area contributed by atoms with Gasteiger partial charge in [-0.15, -0.1) is 0 Å². The molecule has 0 spiro atoms. The maximum absolute atomic E-state index is 12.3. The average molecular weight is 494 g/mol. The number of carbonyl (C=O) groups is 1. The normalized spacial score (nSPS) is 11.4. The maximum atomic E-state index is 12.3.